The molecule has 0 amide bonds. The van der Waals surface area contributed by atoms with Crippen molar-refractivity contribution in [1.82, 2.24) is 15.6 Å². The Morgan fingerprint density at radius 1 is 1.13 bits per heavy atom. The van der Waals surface area contributed by atoms with E-state index in [-0.39, 0.29) is 24.0 Å². The molecule has 0 bridgehead atoms. The quantitative estimate of drug-likeness (QED) is 0.264. The number of aromatic nitrogens is 1. The number of pyridine rings is 1. The number of ether oxygens (including phenoxy) is 2. The Morgan fingerprint density at radius 3 is 2.68 bits per heavy atom. The van der Waals surface area contributed by atoms with Gasteiger partial charge in [-0.15, -0.1) is 24.0 Å². The topological polar surface area (TPSA) is 67.8 Å². The lowest BCUT2D eigenvalue weighted by Crippen LogP contribution is -2.43. The van der Waals surface area contributed by atoms with Crippen LogP contribution >= 0.6 is 24.0 Å². The normalized spacial score (nSPS) is 15.2. The summed E-state index contributed by atoms with van der Waals surface area (Å²) in [5.41, 5.74) is 2.39. The monoisotopic (exact) mass is 538 g/mol. The second kappa shape index (κ2) is 13.5. The van der Waals surface area contributed by atoms with Crippen LogP contribution in [0.1, 0.15) is 43.4 Å². The molecule has 1 heterocycles. The van der Waals surface area contributed by atoms with Crippen LogP contribution in [0.2, 0.25) is 0 Å². The van der Waals surface area contributed by atoms with Crippen molar-refractivity contribution in [3.05, 3.63) is 59.9 Å². The van der Waals surface area contributed by atoms with E-state index in [1.54, 1.807) is 13.3 Å². The van der Waals surface area contributed by atoms with Crippen molar-refractivity contribution in [1.29, 1.82) is 0 Å². The van der Waals surface area contributed by atoms with Gasteiger partial charge in [0.15, 0.2) is 5.96 Å². The van der Waals surface area contributed by atoms with E-state index in [4.69, 9.17) is 9.47 Å². The molecule has 2 aromatic rings. The molecule has 0 atom stereocenters. The summed E-state index contributed by atoms with van der Waals surface area (Å²) in [5.74, 6) is 1.67. The summed E-state index contributed by atoms with van der Waals surface area (Å²) in [6.07, 6.45) is 8.02. The summed E-state index contributed by atoms with van der Waals surface area (Å²) in [6, 6.07) is 14.0. The number of rotatable bonds is 10. The maximum Gasteiger partial charge on any atom is 0.191 e. The molecule has 31 heavy (non-hydrogen) atoms. The van der Waals surface area contributed by atoms with Crippen LogP contribution in [-0.4, -0.2) is 38.3 Å². The molecule has 0 aliphatic heterocycles. The molecule has 1 aromatic heterocycles. The predicted molar refractivity (Wildman–Crippen MR) is 136 cm³/mol. The highest BCUT2D eigenvalue weighted by molar-refractivity contribution is 14.0. The fraction of sp³-hybridized carbons (Fsp3) is 0.500. The highest BCUT2D eigenvalue weighted by Gasteiger charge is 2.33. The Labute approximate surface area is 203 Å². The van der Waals surface area contributed by atoms with Gasteiger partial charge in [-0.25, -0.2) is 0 Å². The number of methoxy groups -OCH3 is 1. The zero-order valence-electron chi connectivity index (χ0n) is 18.6. The number of guanidine groups is 1. The van der Waals surface area contributed by atoms with Crippen LogP contribution < -0.4 is 15.4 Å². The van der Waals surface area contributed by atoms with E-state index in [2.05, 4.69) is 32.7 Å². The molecule has 170 valence electrons. The van der Waals surface area contributed by atoms with Crippen molar-refractivity contribution in [3.8, 4) is 5.75 Å². The number of hydrogen-bond donors (Lipinski definition) is 2. The maximum atomic E-state index is 5.88. The molecule has 0 spiro atoms. The Balaban J connectivity index is 0.00000341. The Bertz CT molecular complexity index is 795. The van der Waals surface area contributed by atoms with Gasteiger partial charge in [-0.3, -0.25) is 9.98 Å². The number of aliphatic imine (C=N–C) groups is 1. The number of nitrogens with one attached hydrogen (secondary N) is 2. The molecule has 7 heteroatoms. The first kappa shape index (κ1) is 25.4. The fourth-order valence-electron chi connectivity index (χ4n) is 4.02. The van der Waals surface area contributed by atoms with Gasteiger partial charge in [0.05, 0.1) is 5.69 Å². The molecule has 0 unspecified atom stereocenters. The van der Waals surface area contributed by atoms with Gasteiger partial charge in [0.1, 0.15) is 12.4 Å². The maximum absolute atomic E-state index is 5.88. The molecular weight excluding hydrogens is 503 g/mol. The Morgan fingerprint density at radius 2 is 1.97 bits per heavy atom. The molecule has 2 N–H and O–H groups in total. The second-order valence-electron chi connectivity index (χ2n) is 7.99. The summed E-state index contributed by atoms with van der Waals surface area (Å²) in [5, 5.41) is 6.96. The minimum absolute atomic E-state index is 0. The lowest BCUT2D eigenvalue weighted by Gasteiger charge is -2.30. The van der Waals surface area contributed by atoms with Crippen molar-refractivity contribution in [2.24, 2.45) is 10.4 Å². The van der Waals surface area contributed by atoms with Crippen LogP contribution in [0, 0.1) is 5.41 Å². The molecule has 0 radical (unpaired) electrons. The summed E-state index contributed by atoms with van der Waals surface area (Å²) in [7, 11) is 3.60. The van der Waals surface area contributed by atoms with E-state index in [1.165, 1.54) is 25.7 Å². The van der Waals surface area contributed by atoms with Crippen molar-refractivity contribution in [2.45, 2.75) is 45.3 Å². The number of benzene rings is 1. The summed E-state index contributed by atoms with van der Waals surface area (Å²) in [4.78, 5) is 8.69. The number of hydrogen-bond acceptors (Lipinski definition) is 4. The zero-order chi connectivity index (χ0) is 21.1. The van der Waals surface area contributed by atoms with E-state index in [9.17, 15) is 0 Å². The van der Waals surface area contributed by atoms with Crippen molar-refractivity contribution in [3.63, 3.8) is 0 Å². The molecule has 0 saturated heterocycles. The van der Waals surface area contributed by atoms with E-state index in [0.29, 0.717) is 18.6 Å². The standard InChI is InChI=1S/C24H34N4O2.HI/c1-25-23(28-19-24(13-15-29-2)11-4-5-12-24)27-17-20-8-7-10-22(16-20)30-18-21-9-3-6-14-26-21;/h3,6-10,14,16H,4-5,11-13,15,17-19H2,1-2H3,(H2,25,27,28);1H. The van der Waals surface area contributed by atoms with Crippen LogP contribution in [0.4, 0.5) is 0 Å². The minimum atomic E-state index is 0. The van der Waals surface area contributed by atoms with Gasteiger partial charge in [-0.1, -0.05) is 31.0 Å². The van der Waals surface area contributed by atoms with E-state index < -0.39 is 0 Å². The highest BCUT2D eigenvalue weighted by Crippen LogP contribution is 2.40. The third-order valence-electron chi connectivity index (χ3n) is 5.83. The molecule has 1 aromatic carbocycles. The van der Waals surface area contributed by atoms with Gasteiger partial charge in [0.2, 0.25) is 0 Å². The molecule has 1 fully saturated rings. The van der Waals surface area contributed by atoms with E-state index in [1.807, 2.05) is 37.4 Å². The summed E-state index contributed by atoms with van der Waals surface area (Å²) in [6.45, 7) is 2.90. The lowest BCUT2D eigenvalue weighted by molar-refractivity contribution is 0.138. The largest absolute Gasteiger partial charge is 0.487 e. The van der Waals surface area contributed by atoms with Crippen molar-refractivity contribution < 1.29 is 9.47 Å². The van der Waals surface area contributed by atoms with Gasteiger partial charge in [-0.05, 0) is 54.5 Å². The Kier molecular flexibility index (Phi) is 11.1. The fourth-order valence-corrected chi connectivity index (χ4v) is 4.02. The number of nitrogens with zero attached hydrogens (tertiary/aromatic N) is 2. The van der Waals surface area contributed by atoms with Crippen LogP contribution in [-0.2, 0) is 17.9 Å². The highest BCUT2D eigenvalue weighted by atomic mass is 127. The molecular formula is C24H35IN4O2. The molecule has 6 nitrogen and oxygen atoms in total. The third-order valence-corrected chi connectivity index (χ3v) is 5.83. The first-order valence-corrected chi connectivity index (χ1v) is 10.8. The molecule has 1 aliphatic carbocycles. The van der Waals surface area contributed by atoms with Gasteiger partial charge in [0, 0.05) is 40.1 Å². The second-order valence-corrected chi connectivity index (χ2v) is 7.99. The first-order chi connectivity index (χ1) is 14.7. The smallest absolute Gasteiger partial charge is 0.191 e. The summed E-state index contributed by atoms with van der Waals surface area (Å²) >= 11 is 0. The Hall–Kier alpha value is -1.87. The average molecular weight is 538 g/mol. The van der Waals surface area contributed by atoms with Crippen LogP contribution in [0.5, 0.6) is 5.75 Å². The van der Waals surface area contributed by atoms with Gasteiger partial charge >= 0.3 is 0 Å². The molecule has 1 aliphatic rings. The minimum Gasteiger partial charge on any atom is -0.487 e. The van der Waals surface area contributed by atoms with Crippen molar-refractivity contribution in [2.75, 3.05) is 27.3 Å². The molecule has 3 rings (SSSR count). The average Bonchev–Trinajstić information content (AvgIpc) is 3.26. The van der Waals surface area contributed by atoms with Crippen LogP contribution in [0.3, 0.4) is 0 Å². The van der Waals surface area contributed by atoms with Gasteiger partial charge < -0.3 is 20.1 Å². The predicted octanol–water partition coefficient (Wildman–Crippen LogP) is 4.54. The van der Waals surface area contributed by atoms with Gasteiger partial charge in [0.25, 0.3) is 0 Å². The van der Waals surface area contributed by atoms with Crippen LogP contribution in [0.25, 0.3) is 0 Å². The summed E-state index contributed by atoms with van der Waals surface area (Å²) < 4.78 is 11.2. The number of halogens is 1. The van der Waals surface area contributed by atoms with Gasteiger partial charge in [-0.2, -0.15) is 0 Å². The SMILES string of the molecule is CN=C(NCc1cccc(OCc2ccccn2)c1)NCC1(CCOC)CCCC1.I. The molecule has 1 saturated carbocycles. The lowest BCUT2D eigenvalue weighted by atomic mass is 9.83. The third kappa shape index (κ3) is 8.29. The van der Waals surface area contributed by atoms with E-state index >= 15 is 0 Å². The first-order valence-electron chi connectivity index (χ1n) is 10.8. The van der Waals surface area contributed by atoms with Crippen molar-refractivity contribution >= 4 is 29.9 Å². The van der Waals surface area contributed by atoms with E-state index in [0.717, 1.165) is 42.5 Å². The zero-order valence-corrected chi connectivity index (χ0v) is 20.9. The van der Waals surface area contributed by atoms with Crippen LogP contribution in [0.15, 0.2) is 53.7 Å².